The van der Waals surface area contributed by atoms with E-state index in [1.807, 2.05) is 6.07 Å². The highest BCUT2D eigenvalue weighted by atomic mass is 19.1. The molecule has 0 bridgehead atoms. The van der Waals surface area contributed by atoms with E-state index >= 15 is 0 Å². The number of fused-ring (bicyclic) bond motifs is 3. The number of hydrogen-bond acceptors (Lipinski definition) is 5. The van der Waals surface area contributed by atoms with E-state index in [9.17, 15) is 14.0 Å². The average molecular weight is 453 g/mol. The van der Waals surface area contributed by atoms with Gasteiger partial charge in [0.2, 0.25) is 11.7 Å². The number of rotatable bonds is 8. The van der Waals surface area contributed by atoms with Crippen molar-refractivity contribution in [2.75, 3.05) is 27.9 Å². The van der Waals surface area contributed by atoms with Crippen LogP contribution in [0.2, 0.25) is 0 Å². The van der Waals surface area contributed by atoms with Crippen molar-refractivity contribution in [1.82, 2.24) is 14.3 Å². The van der Waals surface area contributed by atoms with Gasteiger partial charge in [-0.05, 0) is 42.8 Å². The molecule has 0 radical (unpaired) electrons. The molecule has 0 saturated carbocycles. The molecule has 0 saturated heterocycles. The highest BCUT2D eigenvalue weighted by Gasteiger charge is 2.17. The zero-order valence-corrected chi connectivity index (χ0v) is 18.6. The summed E-state index contributed by atoms with van der Waals surface area (Å²) in [6.45, 7) is 0.0721. The van der Waals surface area contributed by atoms with E-state index in [4.69, 9.17) is 14.2 Å². The molecule has 0 aliphatic rings. The highest BCUT2D eigenvalue weighted by molar-refractivity contribution is 5.82. The molecule has 0 aliphatic carbocycles. The Bertz CT molecular complexity index is 1390. The smallest absolute Gasteiger partial charge is 0.275 e. The molecule has 2 aromatic carbocycles. The second-order valence-electron chi connectivity index (χ2n) is 7.38. The Morgan fingerprint density at radius 3 is 2.48 bits per heavy atom. The van der Waals surface area contributed by atoms with Crippen LogP contribution < -0.4 is 25.1 Å². The number of benzene rings is 2. The van der Waals surface area contributed by atoms with Crippen LogP contribution in [-0.2, 0) is 17.8 Å². The molecular weight excluding hydrogens is 429 g/mol. The fraction of sp³-hybridized carbons (Fsp3) is 0.250. The van der Waals surface area contributed by atoms with Crippen molar-refractivity contribution < 1.29 is 23.4 Å². The molecule has 8 nitrogen and oxygen atoms in total. The predicted octanol–water partition coefficient (Wildman–Crippen LogP) is 2.78. The SMILES string of the molecule is COc1ccc(CCNC(=O)Cn2c(=O)c3cccn3c3ccc(F)cc32)c(OC)c1OC. The topological polar surface area (TPSA) is 83.2 Å². The number of methoxy groups -OCH3 is 3. The third kappa shape index (κ3) is 4.09. The van der Waals surface area contributed by atoms with Gasteiger partial charge in [-0.3, -0.25) is 14.2 Å². The number of nitrogens with one attached hydrogen (secondary N) is 1. The van der Waals surface area contributed by atoms with E-state index in [0.717, 1.165) is 5.56 Å². The first-order chi connectivity index (χ1) is 16.0. The van der Waals surface area contributed by atoms with Gasteiger partial charge in [0.15, 0.2) is 11.5 Å². The number of carbonyl (C=O) groups is 1. The Morgan fingerprint density at radius 2 is 1.76 bits per heavy atom. The van der Waals surface area contributed by atoms with Gasteiger partial charge >= 0.3 is 0 Å². The lowest BCUT2D eigenvalue weighted by molar-refractivity contribution is -0.121. The monoisotopic (exact) mass is 453 g/mol. The van der Waals surface area contributed by atoms with Crippen LogP contribution in [0.25, 0.3) is 16.6 Å². The molecule has 0 unspecified atom stereocenters. The molecule has 4 aromatic rings. The summed E-state index contributed by atoms with van der Waals surface area (Å²) in [6, 6.07) is 11.2. The van der Waals surface area contributed by atoms with E-state index in [1.54, 1.807) is 42.0 Å². The molecule has 2 aromatic heterocycles. The number of nitrogens with zero attached hydrogens (tertiary/aromatic N) is 2. The van der Waals surface area contributed by atoms with Gasteiger partial charge in [0.1, 0.15) is 17.9 Å². The van der Waals surface area contributed by atoms with Crippen LogP contribution in [0, 0.1) is 5.82 Å². The molecular formula is C24H24FN3O5. The zero-order valence-electron chi connectivity index (χ0n) is 18.6. The molecule has 1 amide bonds. The van der Waals surface area contributed by atoms with Gasteiger partial charge in [-0.2, -0.15) is 0 Å². The average Bonchev–Trinajstić information content (AvgIpc) is 3.31. The van der Waals surface area contributed by atoms with Crippen molar-refractivity contribution in [3.8, 4) is 17.2 Å². The second kappa shape index (κ2) is 9.23. The first-order valence-electron chi connectivity index (χ1n) is 10.3. The van der Waals surface area contributed by atoms with E-state index in [0.29, 0.717) is 46.8 Å². The molecule has 1 N–H and O–H groups in total. The van der Waals surface area contributed by atoms with Gasteiger partial charge in [-0.25, -0.2) is 4.39 Å². The normalized spacial score (nSPS) is 11.0. The maximum atomic E-state index is 13.9. The summed E-state index contributed by atoms with van der Waals surface area (Å²) in [7, 11) is 4.60. The van der Waals surface area contributed by atoms with Gasteiger partial charge in [-0.1, -0.05) is 6.07 Å². The summed E-state index contributed by atoms with van der Waals surface area (Å²) in [5.74, 6) is 0.703. The third-order valence-corrected chi connectivity index (χ3v) is 5.50. The Labute approximate surface area is 189 Å². The lowest BCUT2D eigenvalue weighted by Gasteiger charge is -2.16. The zero-order chi connectivity index (χ0) is 23.5. The minimum atomic E-state index is -0.483. The maximum Gasteiger partial charge on any atom is 0.275 e. The van der Waals surface area contributed by atoms with E-state index < -0.39 is 5.82 Å². The summed E-state index contributed by atoms with van der Waals surface area (Å²) in [5.41, 5.74) is 1.86. The Balaban J connectivity index is 1.54. The predicted molar refractivity (Wildman–Crippen MR) is 122 cm³/mol. The van der Waals surface area contributed by atoms with E-state index in [2.05, 4.69) is 5.32 Å². The van der Waals surface area contributed by atoms with Crippen molar-refractivity contribution in [3.63, 3.8) is 0 Å². The maximum absolute atomic E-state index is 13.9. The summed E-state index contributed by atoms with van der Waals surface area (Å²) in [5, 5.41) is 2.82. The van der Waals surface area contributed by atoms with Gasteiger partial charge in [0, 0.05) is 18.3 Å². The summed E-state index contributed by atoms with van der Waals surface area (Å²) < 4.78 is 33.1. The number of halogens is 1. The Morgan fingerprint density at radius 1 is 0.970 bits per heavy atom. The van der Waals surface area contributed by atoms with E-state index in [1.165, 1.54) is 30.9 Å². The molecule has 2 heterocycles. The van der Waals surface area contributed by atoms with Gasteiger partial charge < -0.3 is 23.9 Å². The largest absolute Gasteiger partial charge is 0.493 e. The van der Waals surface area contributed by atoms with Crippen LogP contribution in [0.15, 0.2) is 53.5 Å². The van der Waals surface area contributed by atoms with Crippen molar-refractivity contribution in [2.45, 2.75) is 13.0 Å². The van der Waals surface area contributed by atoms with Crippen LogP contribution in [0.5, 0.6) is 17.2 Å². The van der Waals surface area contributed by atoms with Gasteiger partial charge in [0.05, 0.1) is 32.4 Å². The van der Waals surface area contributed by atoms with Crippen LogP contribution >= 0.6 is 0 Å². The Hall–Kier alpha value is -4.01. The second-order valence-corrected chi connectivity index (χ2v) is 7.38. The van der Waals surface area contributed by atoms with Crippen molar-refractivity contribution in [3.05, 3.63) is 70.4 Å². The standard InChI is InChI=1S/C24H24FN3O5/c1-31-20-9-6-15(22(32-2)23(20)33-3)10-11-26-21(29)14-28-19-13-16(25)7-8-17(19)27-12-4-5-18(27)24(28)30/h4-9,12-13H,10-11,14H2,1-3H3,(H,26,29). The number of aromatic nitrogens is 2. The van der Waals surface area contributed by atoms with Crippen molar-refractivity contribution in [2.24, 2.45) is 0 Å². The molecule has 0 atom stereocenters. The number of ether oxygens (including phenoxy) is 3. The van der Waals surface area contributed by atoms with Crippen LogP contribution in [0.3, 0.4) is 0 Å². The van der Waals surface area contributed by atoms with Gasteiger partial charge in [-0.15, -0.1) is 0 Å². The summed E-state index contributed by atoms with van der Waals surface area (Å²) >= 11 is 0. The summed E-state index contributed by atoms with van der Waals surface area (Å²) in [6.07, 6.45) is 2.20. The fourth-order valence-corrected chi connectivity index (χ4v) is 3.98. The number of carbonyl (C=O) groups excluding carboxylic acids is 1. The molecule has 33 heavy (non-hydrogen) atoms. The molecule has 172 valence electrons. The lowest BCUT2D eigenvalue weighted by Crippen LogP contribution is -2.34. The van der Waals surface area contributed by atoms with Crippen molar-refractivity contribution >= 4 is 22.5 Å². The van der Waals surface area contributed by atoms with Crippen LogP contribution in [-0.4, -0.2) is 42.7 Å². The first kappa shape index (κ1) is 22.2. The third-order valence-electron chi connectivity index (χ3n) is 5.50. The molecule has 0 fully saturated rings. The first-order valence-corrected chi connectivity index (χ1v) is 10.3. The van der Waals surface area contributed by atoms with E-state index in [-0.39, 0.29) is 18.0 Å². The quantitative estimate of drug-likeness (QED) is 0.444. The van der Waals surface area contributed by atoms with Crippen LogP contribution in [0.1, 0.15) is 5.56 Å². The van der Waals surface area contributed by atoms with Gasteiger partial charge in [0.25, 0.3) is 5.56 Å². The summed E-state index contributed by atoms with van der Waals surface area (Å²) in [4.78, 5) is 25.6. The number of amides is 1. The minimum Gasteiger partial charge on any atom is -0.493 e. The minimum absolute atomic E-state index is 0.233. The molecule has 4 rings (SSSR count). The lowest BCUT2D eigenvalue weighted by atomic mass is 10.1. The highest BCUT2D eigenvalue weighted by Crippen LogP contribution is 2.39. The van der Waals surface area contributed by atoms with Crippen LogP contribution in [0.4, 0.5) is 4.39 Å². The molecule has 0 spiro atoms. The van der Waals surface area contributed by atoms with Crippen molar-refractivity contribution in [1.29, 1.82) is 0 Å². The molecule has 0 aliphatic heterocycles. The molecule has 9 heteroatoms. The fourth-order valence-electron chi connectivity index (χ4n) is 3.98. The number of hydrogen-bond donors (Lipinski definition) is 1. The Kier molecular flexibility index (Phi) is 6.21.